The van der Waals surface area contributed by atoms with E-state index in [0.717, 1.165) is 22.8 Å². The average molecular weight is 526 g/mol. The smallest absolute Gasteiger partial charge is 0.453 e. The molecule has 4 aromatic rings. The van der Waals surface area contributed by atoms with Gasteiger partial charge in [-0.15, -0.1) is 0 Å². The predicted molar refractivity (Wildman–Crippen MR) is 138 cm³/mol. The zero-order chi connectivity index (χ0) is 27.6. The van der Waals surface area contributed by atoms with E-state index in [0.29, 0.717) is 5.69 Å². The Balaban J connectivity index is 1.61. The Bertz CT molecular complexity index is 1540. The molecule has 0 aliphatic carbocycles. The average Bonchev–Trinajstić information content (AvgIpc) is 2.83. The molecule has 38 heavy (non-hydrogen) atoms. The van der Waals surface area contributed by atoms with Crippen LogP contribution in [0.5, 0.6) is 17.2 Å². The summed E-state index contributed by atoms with van der Waals surface area (Å²) in [5, 5.41) is 2.65. The van der Waals surface area contributed by atoms with Crippen LogP contribution in [0.25, 0.3) is 11.0 Å². The number of para-hydroxylation sites is 1. The number of aryl methyl sites for hydroxylation is 2. The quantitative estimate of drug-likeness (QED) is 0.273. The second kappa shape index (κ2) is 10.6. The van der Waals surface area contributed by atoms with Gasteiger partial charge in [-0.1, -0.05) is 38.1 Å². The number of rotatable bonds is 7. The number of fused-ring (bicyclic) bond motifs is 1. The lowest BCUT2D eigenvalue weighted by atomic mass is 10.0. The van der Waals surface area contributed by atoms with Gasteiger partial charge < -0.3 is 19.2 Å². The third kappa shape index (κ3) is 5.99. The summed E-state index contributed by atoms with van der Waals surface area (Å²) in [5.41, 5.74) is 1.79. The van der Waals surface area contributed by atoms with Gasteiger partial charge >= 0.3 is 6.18 Å². The first-order valence-corrected chi connectivity index (χ1v) is 11.9. The largest absolute Gasteiger partial charge is 0.484 e. The number of alkyl halides is 3. The van der Waals surface area contributed by atoms with Gasteiger partial charge in [-0.2, -0.15) is 13.2 Å². The zero-order valence-corrected chi connectivity index (χ0v) is 21.2. The van der Waals surface area contributed by atoms with Crippen LogP contribution in [-0.4, -0.2) is 12.5 Å². The van der Waals surface area contributed by atoms with Gasteiger partial charge in [-0.25, -0.2) is 0 Å². The number of carbonyl (C=O) groups excluding carboxylic acids is 1. The van der Waals surface area contributed by atoms with Gasteiger partial charge in [-0.3, -0.25) is 9.59 Å². The molecule has 3 aromatic carbocycles. The van der Waals surface area contributed by atoms with Crippen molar-refractivity contribution in [2.45, 2.75) is 39.8 Å². The number of halogens is 3. The highest BCUT2D eigenvalue weighted by molar-refractivity contribution is 5.92. The molecule has 0 radical (unpaired) electrons. The summed E-state index contributed by atoms with van der Waals surface area (Å²) in [4.78, 5) is 25.5. The number of nitrogens with one attached hydrogen (secondary N) is 1. The number of hydrogen-bond donors (Lipinski definition) is 1. The molecule has 0 atom stereocenters. The summed E-state index contributed by atoms with van der Waals surface area (Å²) >= 11 is 0. The van der Waals surface area contributed by atoms with Crippen LogP contribution >= 0.6 is 0 Å². The molecule has 1 amide bonds. The van der Waals surface area contributed by atoms with Crippen molar-refractivity contribution in [3.05, 3.63) is 93.3 Å². The maximum absolute atomic E-state index is 13.9. The van der Waals surface area contributed by atoms with Gasteiger partial charge in [0.15, 0.2) is 6.61 Å². The minimum Gasteiger partial charge on any atom is -0.484 e. The predicted octanol–water partition coefficient (Wildman–Crippen LogP) is 7.36. The van der Waals surface area contributed by atoms with Gasteiger partial charge in [0.05, 0.1) is 5.39 Å². The van der Waals surface area contributed by atoms with Crippen LogP contribution in [0.4, 0.5) is 18.9 Å². The molecule has 1 aromatic heterocycles. The second-order valence-corrected chi connectivity index (χ2v) is 9.25. The first-order chi connectivity index (χ1) is 17.9. The van der Waals surface area contributed by atoms with Crippen molar-refractivity contribution in [1.82, 2.24) is 0 Å². The number of carbonyl (C=O) groups is 1. The minimum atomic E-state index is -5.00. The Morgan fingerprint density at radius 3 is 2.32 bits per heavy atom. The van der Waals surface area contributed by atoms with Gasteiger partial charge in [0.1, 0.15) is 17.1 Å². The monoisotopic (exact) mass is 525 g/mol. The van der Waals surface area contributed by atoms with Gasteiger partial charge in [0.2, 0.25) is 11.2 Å². The fourth-order valence-corrected chi connectivity index (χ4v) is 4.08. The molecule has 1 heterocycles. The molecule has 0 aliphatic rings. The van der Waals surface area contributed by atoms with Crippen LogP contribution in [0.15, 0.2) is 69.9 Å². The van der Waals surface area contributed by atoms with E-state index < -0.39 is 35.6 Å². The van der Waals surface area contributed by atoms with E-state index in [-0.39, 0.29) is 28.4 Å². The third-order valence-electron chi connectivity index (χ3n) is 5.72. The van der Waals surface area contributed by atoms with Crippen LogP contribution in [0, 0.1) is 13.8 Å². The van der Waals surface area contributed by atoms with Crippen molar-refractivity contribution in [1.29, 1.82) is 0 Å². The summed E-state index contributed by atoms with van der Waals surface area (Å²) in [6, 6.07) is 16.0. The molecule has 0 saturated carbocycles. The summed E-state index contributed by atoms with van der Waals surface area (Å²) in [7, 11) is 0. The van der Waals surface area contributed by atoms with Gasteiger partial charge in [-0.05, 0) is 66.8 Å². The Morgan fingerprint density at radius 1 is 0.974 bits per heavy atom. The Morgan fingerprint density at radius 2 is 1.66 bits per heavy atom. The van der Waals surface area contributed by atoms with Crippen LogP contribution in [0.3, 0.4) is 0 Å². The van der Waals surface area contributed by atoms with Crippen LogP contribution in [-0.2, 0) is 11.0 Å². The standard InChI is InChI=1S/C29H26F3NO5/c1-16(2)21-7-5-6-8-23(21)33-25(34)15-36-19-9-10-22-24(14-19)38-28(29(30,31)32)27(26(22)35)37-20-12-17(3)11-18(4)13-20/h5-14,16H,15H2,1-4H3,(H,33,34). The SMILES string of the molecule is Cc1cc(C)cc(Oc2c(C(F)(F)F)oc3cc(OCC(=O)Nc4ccccc4C(C)C)ccc3c2=O)c1. The number of hydrogen-bond acceptors (Lipinski definition) is 5. The maximum atomic E-state index is 13.9. The number of amides is 1. The Labute approximate surface area is 217 Å². The lowest BCUT2D eigenvalue weighted by Gasteiger charge is -2.15. The number of anilines is 1. The minimum absolute atomic E-state index is 0.0593. The lowest BCUT2D eigenvalue weighted by molar-refractivity contribution is -0.154. The van der Waals surface area contributed by atoms with Gasteiger partial charge in [0.25, 0.3) is 11.7 Å². The molecule has 1 N–H and O–H groups in total. The fraction of sp³-hybridized carbons (Fsp3) is 0.241. The summed E-state index contributed by atoms with van der Waals surface area (Å²) in [5.74, 6) is -2.63. The van der Waals surface area contributed by atoms with Crippen LogP contribution in [0.1, 0.15) is 42.2 Å². The highest BCUT2D eigenvalue weighted by atomic mass is 19.4. The van der Waals surface area contributed by atoms with Gasteiger partial charge in [0, 0.05) is 11.8 Å². The zero-order valence-electron chi connectivity index (χ0n) is 21.2. The Hall–Kier alpha value is -4.27. The molecule has 0 aliphatic heterocycles. The Kier molecular flexibility index (Phi) is 7.48. The van der Waals surface area contributed by atoms with Crippen LogP contribution in [0.2, 0.25) is 0 Å². The van der Waals surface area contributed by atoms with Crippen molar-refractivity contribution in [2.75, 3.05) is 11.9 Å². The van der Waals surface area contributed by atoms with Crippen molar-refractivity contribution in [3.63, 3.8) is 0 Å². The summed E-state index contributed by atoms with van der Waals surface area (Å²) in [6.07, 6.45) is -5.00. The first-order valence-electron chi connectivity index (χ1n) is 11.9. The highest BCUT2D eigenvalue weighted by Gasteiger charge is 2.40. The molecule has 0 spiro atoms. The van der Waals surface area contributed by atoms with Crippen molar-refractivity contribution in [3.8, 4) is 17.2 Å². The molecule has 6 nitrogen and oxygen atoms in total. The molecule has 0 saturated heterocycles. The van der Waals surface area contributed by atoms with E-state index in [9.17, 15) is 22.8 Å². The van der Waals surface area contributed by atoms with E-state index in [1.165, 1.54) is 24.3 Å². The summed E-state index contributed by atoms with van der Waals surface area (Å²) < 4.78 is 57.6. The topological polar surface area (TPSA) is 77.8 Å². The van der Waals surface area contributed by atoms with E-state index in [1.54, 1.807) is 26.0 Å². The summed E-state index contributed by atoms with van der Waals surface area (Å²) in [6.45, 7) is 7.12. The normalized spacial score (nSPS) is 11.6. The van der Waals surface area contributed by atoms with Crippen molar-refractivity contribution in [2.24, 2.45) is 0 Å². The molecular weight excluding hydrogens is 499 g/mol. The number of benzene rings is 3. The number of ether oxygens (including phenoxy) is 2. The molecule has 198 valence electrons. The van der Waals surface area contributed by atoms with Crippen molar-refractivity contribution < 1.29 is 31.9 Å². The molecule has 0 fully saturated rings. The highest BCUT2D eigenvalue weighted by Crippen LogP contribution is 2.39. The lowest BCUT2D eigenvalue weighted by Crippen LogP contribution is -2.21. The first kappa shape index (κ1) is 26.8. The van der Waals surface area contributed by atoms with E-state index in [1.807, 2.05) is 32.0 Å². The molecular formula is C29H26F3NO5. The molecule has 9 heteroatoms. The van der Waals surface area contributed by atoms with Crippen molar-refractivity contribution >= 4 is 22.6 Å². The van der Waals surface area contributed by atoms with Crippen LogP contribution < -0.4 is 20.2 Å². The molecule has 4 rings (SSSR count). The van der Waals surface area contributed by atoms with E-state index in [4.69, 9.17) is 13.9 Å². The molecule has 0 unspecified atom stereocenters. The van der Waals surface area contributed by atoms with E-state index in [2.05, 4.69) is 5.32 Å². The third-order valence-corrected chi connectivity index (χ3v) is 5.72. The second-order valence-electron chi connectivity index (χ2n) is 9.25. The maximum Gasteiger partial charge on any atom is 0.453 e. The fourth-order valence-electron chi connectivity index (χ4n) is 4.08. The van der Waals surface area contributed by atoms with E-state index >= 15 is 0 Å². The molecule has 0 bridgehead atoms.